The zero-order valence-electron chi connectivity index (χ0n) is 8.13. The predicted octanol–water partition coefficient (Wildman–Crippen LogP) is 3.08. The number of anilines is 1. The van der Waals surface area contributed by atoms with Gasteiger partial charge in [-0.1, -0.05) is 18.5 Å². The molecule has 1 aromatic carbocycles. The van der Waals surface area contributed by atoms with Crippen molar-refractivity contribution in [2.45, 2.75) is 6.92 Å². The van der Waals surface area contributed by atoms with Gasteiger partial charge in [-0.15, -0.1) is 0 Å². The van der Waals surface area contributed by atoms with Crippen molar-refractivity contribution in [2.24, 2.45) is 5.92 Å². The quantitative estimate of drug-likeness (QED) is 0.829. The van der Waals surface area contributed by atoms with Crippen LogP contribution in [-0.4, -0.2) is 17.6 Å². The number of hydrogen-bond acceptors (Lipinski definition) is 2. The number of carboxylic acids is 1. The second-order valence-corrected chi connectivity index (χ2v) is 4.84. The molecule has 1 aromatic rings. The number of benzene rings is 1. The Balaban J connectivity index is 2.62. The second-order valence-electron chi connectivity index (χ2n) is 3.24. The molecule has 82 valence electrons. The molecule has 5 heteroatoms. The number of aliphatic carboxylic acids is 1. The number of carboxylic acid groups (broad SMARTS) is 1. The molecule has 0 spiro atoms. The minimum absolute atomic E-state index is 0.406. The smallest absolute Gasteiger partial charge is 0.308 e. The Kier molecular flexibility index (Phi) is 4.66. The van der Waals surface area contributed by atoms with Crippen molar-refractivity contribution in [3.8, 4) is 0 Å². The molecule has 0 amide bonds. The van der Waals surface area contributed by atoms with Gasteiger partial charge >= 0.3 is 5.97 Å². The van der Waals surface area contributed by atoms with Gasteiger partial charge in [-0.05, 0) is 40.8 Å². The fraction of sp³-hybridized carbons (Fsp3) is 0.300. The molecular weight excluding hydrogens is 328 g/mol. The van der Waals surface area contributed by atoms with E-state index in [1.54, 1.807) is 13.0 Å². The van der Waals surface area contributed by atoms with Gasteiger partial charge in [0.2, 0.25) is 0 Å². The van der Waals surface area contributed by atoms with E-state index >= 15 is 0 Å². The summed E-state index contributed by atoms with van der Waals surface area (Å²) >= 11 is 7.96. The van der Waals surface area contributed by atoms with Gasteiger partial charge in [0.1, 0.15) is 0 Å². The van der Waals surface area contributed by atoms with Crippen molar-refractivity contribution < 1.29 is 9.90 Å². The molecule has 0 saturated carbocycles. The predicted molar refractivity (Wildman–Crippen MR) is 69.5 cm³/mol. The van der Waals surface area contributed by atoms with Crippen LogP contribution in [0.3, 0.4) is 0 Å². The third kappa shape index (κ3) is 3.87. The zero-order chi connectivity index (χ0) is 11.4. The van der Waals surface area contributed by atoms with Gasteiger partial charge in [0.25, 0.3) is 0 Å². The third-order valence-electron chi connectivity index (χ3n) is 1.95. The highest BCUT2D eigenvalue weighted by Crippen LogP contribution is 2.22. The summed E-state index contributed by atoms with van der Waals surface area (Å²) in [5, 5.41) is 12.5. The van der Waals surface area contributed by atoms with E-state index in [9.17, 15) is 4.79 Å². The molecule has 0 bridgehead atoms. The van der Waals surface area contributed by atoms with Crippen LogP contribution in [0.2, 0.25) is 5.02 Å². The topological polar surface area (TPSA) is 49.3 Å². The molecule has 1 atom stereocenters. The van der Waals surface area contributed by atoms with E-state index in [1.165, 1.54) is 0 Å². The largest absolute Gasteiger partial charge is 0.481 e. The normalized spacial score (nSPS) is 12.2. The Labute approximate surface area is 107 Å². The van der Waals surface area contributed by atoms with Gasteiger partial charge in [-0.2, -0.15) is 0 Å². The number of carbonyl (C=O) groups is 1. The first-order valence-electron chi connectivity index (χ1n) is 4.42. The van der Waals surface area contributed by atoms with Crippen molar-refractivity contribution in [3.05, 3.63) is 26.8 Å². The highest BCUT2D eigenvalue weighted by atomic mass is 127. The van der Waals surface area contributed by atoms with E-state index < -0.39 is 11.9 Å². The average molecular weight is 340 g/mol. The van der Waals surface area contributed by atoms with Crippen molar-refractivity contribution in [1.82, 2.24) is 0 Å². The summed E-state index contributed by atoms with van der Waals surface area (Å²) in [5.41, 5.74) is 0.910. The maximum Gasteiger partial charge on any atom is 0.308 e. The molecule has 0 aliphatic carbocycles. The first-order chi connectivity index (χ1) is 7.00. The molecule has 0 aromatic heterocycles. The second kappa shape index (κ2) is 5.55. The van der Waals surface area contributed by atoms with Crippen molar-refractivity contribution >= 4 is 45.8 Å². The summed E-state index contributed by atoms with van der Waals surface area (Å²) in [6.45, 7) is 2.07. The van der Waals surface area contributed by atoms with E-state index in [2.05, 4.69) is 27.9 Å². The highest BCUT2D eigenvalue weighted by molar-refractivity contribution is 14.1. The van der Waals surface area contributed by atoms with Crippen LogP contribution in [0.1, 0.15) is 6.92 Å². The van der Waals surface area contributed by atoms with Crippen LogP contribution in [0.25, 0.3) is 0 Å². The van der Waals surface area contributed by atoms with Gasteiger partial charge in [-0.25, -0.2) is 0 Å². The Morgan fingerprint density at radius 2 is 2.33 bits per heavy atom. The van der Waals surface area contributed by atoms with E-state index in [0.29, 0.717) is 11.6 Å². The average Bonchev–Trinajstić information content (AvgIpc) is 2.15. The molecule has 0 aliphatic heterocycles. The molecule has 3 nitrogen and oxygen atoms in total. The van der Waals surface area contributed by atoms with E-state index in [4.69, 9.17) is 16.7 Å². The fourth-order valence-electron chi connectivity index (χ4n) is 0.983. The molecule has 1 unspecified atom stereocenters. The van der Waals surface area contributed by atoms with Crippen molar-refractivity contribution in [3.63, 3.8) is 0 Å². The monoisotopic (exact) mass is 339 g/mol. The highest BCUT2D eigenvalue weighted by Gasteiger charge is 2.10. The van der Waals surface area contributed by atoms with Crippen molar-refractivity contribution in [1.29, 1.82) is 0 Å². The summed E-state index contributed by atoms with van der Waals surface area (Å²) in [7, 11) is 0. The van der Waals surface area contributed by atoms with Gasteiger partial charge < -0.3 is 10.4 Å². The summed E-state index contributed by atoms with van der Waals surface area (Å²) < 4.78 is 0.984. The van der Waals surface area contributed by atoms with Crippen LogP contribution in [0, 0.1) is 9.49 Å². The summed E-state index contributed by atoms with van der Waals surface area (Å²) in [4.78, 5) is 10.6. The molecular formula is C10H11ClINO2. The minimum atomic E-state index is -0.800. The molecule has 0 fully saturated rings. The molecule has 2 N–H and O–H groups in total. The Morgan fingerprint density at radius 3 is 2.87 bits per heavy atom. The van der Waals surface area contributed by atoms with Crippen LogP contribution in [0.15, 0.2) is 18.2 Å². The molecule has 0 heterocycles. The molecule has 0 saturated heterocycles. The SMILES string of the molecule is CC(CNc1ccc(Cl)cc1I)C(=O)O. The lowest BCUT2D eigenvalue weighted by Gasteiger charge is -2.11. The van der Waals surface area contributed by atoms with Crippen LogP contribution >= 0.6 is 34.2 Å². The maximum atomic E-state index is 10.6. The lowest BCUT2D eigenvalue weighted by molar-refractivity contribution is -0.140. The standard InChI is InChI=1S/C10H11ClINO2/c1-6(10(14)15)5-13-9-3-2-7(11)4-8(9)12/h2-4,6,13H,5H2,1H3,(H,14,15). The third-order valence-corrected chi connectivity index (χ3v) is 3.08. The van der Waals surface area contributed by atoms with Crippen LogP contribution in [-0.2, 0) is 4.79 Å². The van der Waals surface area contributed by atoms with Gasteiger partial charge in [0.15, 0.2) is 0 Å². The lowest BCUT2D eigenvalue weighted by Crippen LogP contribution is -2.19. The van der Waals surface area contributed by atoms with Gasteiger partial charge in [0.05, 0.1) is 5.92 Å². The summed E-state index contributed by atoms with van der Waals surface area (Å²) in [6.07, 6.45) is 0. The molecule has 15 heavy (non-hydrogen) atoms. The lowest BCUT2D eigenvalue weighted by atomic mass is 10.2. The first kappa shape index (κ1) is 12.6. The number of nitrogens with one attached hydrogen (secondary N) is 1. The van der Waals surface area contributed by atoms with Crippen molar-refractivity contribution in [2.75, 3.05) is 11.9 Å². The van der Waals surface area contributed by atoms with Gasteiger partial charge in [-0.3, -0.25) is 4.79 Å². The van der Waals surface area contributed by atoms with Crippen LogP contribution < -0.4 is 5.32 Å². The number of hydrogen-bond donors (Lipinski definition) is 2. The first-order valence-corrected chi connectivity index (χ1v) is 5.88. The fourth-order valence-corrected chi connectivity index (χ4v) is 2.05. The number of rotatable bonds is 4. The summed E-state index contributed by atoms with van der Waals surface area (Å²) in [5.74, 6) is -1.21. The van der Waals surface area contributed by atoms with E-state index in [-0.39, 0.29) is 0 Å². The molecule has 0 aliphatic rings. The van der Waals surface area contributed by atoms with Gasteiger partial charge in [0, 0.05) is 20.8 Å². The molecule has 1 rings (SSSR count). The maximum absolute atomic E-state index is 10.6. The Hall–Kier alpha value is -0.490. The van der Waals surface area contributed by atoms with Crippen LogP contribution in [0.4, 0.5) is 5.69 Å². The Bertz CT molecular complexity index is 370. The zero-order valence-corrected chi connectivity index (χ0v) is 11.0. The number of halogens is 2. The molecule has 0 radical (unpaired) electrons. The summed E-state index contributed by atoms with van der Waals surface area (Å²) in [6, 6.07) is 5.45. The van der Waals surface area contributed by atoms with Crippen LogP contribution in [0.5, 0.6) is 0 Å². The van der Waals surface area contributed by atoms with E-state index in [1.807, 2.05) is 12.1 Å². The van der Waals surface area contributed by atoms with E-state index in [0.717, 1.165) is 9.26 Å². The Morgan fingerprint density at radius 1 is 1.67 bits per heavy atom. The minimum Gasteiger partial charge on any atom is -0.481 e.